The lowest BCUT2D eigenvalue weighted by atomic mass is 10.1. The number of nitrogens with two attached hydrogens (primary N) is 1. The molecular formula is C12H21N3O2. The Morgan fingerprint density at radius 2 is 1.94 bits per heavy atom. The van der Waals surface area contributed by atoms with Crippen molar-refractivity contribution in [3.05, 3.63) is 24.3 Å². The van der Waals surface area contributed by atoms with E-state index in [0.717, 1.165) is 5.69 Å². The molecule has 0 bridgehead atoms. The van der Waals surface area contributed by atoms with Crippen LogP contribution in [0.25, 0.3) is 0 Å². The Morgan fingerprint density at radius 3 is 2.53 bits per heavy atom. The van der Waals surface area contributed by atoms with Gasteiger partial charge < -0.3 is 26.6 Å². The first kappa shape index (κ1) is 13.8. The van der Waals surface area contributed by atoms with E-state index in [-0.39, 0.29) is 12.6 Å². The molecule has 0 aliphatic heterocycles. The minimum absolute atomic E-state index is 0.0759. The Labute approximate surface area is 102 Å². The van der Waals surface area contributed by atoms with E-state index in [1.165, 1.54) is 0 Å². The van der Waals surface area contributed by atoms with Crippen molar-refractivity contribution < 1.29 is 10.2 Å². The van der Waals surface area contributed by atoms with Crippen LogP contribution < -0.4 is 16.4 Å². The summed E-state index contributed by atoms with van der Waals surface area (Å²) in [6.07, 6.45) is -0.515. The predicted octanol–water partition coefficient (Wildman–Crippen LogP) is 0.0120. The molecule has 0 fully saturated rings. The molecule has 0 heterocycles. The van der Waals surface area contributed by atoms with E-state index < -0.39 is 6.10 Å². The standard InChI is InChI=1S/C12H21N3O2/c1-9(12(17)8-14-6-7-16)15-11-4-2-10(13)3-5-11/h2-5,9,12,14-17H,6-8,13H2,1H3. The molecular weight excluding hydrogens is 218 g/mol. The molecule has 0 saturated carbocycles. The van der Waals surface area contributed by atoms with Crippen LogP contribution in [0.3, 0.4) is 0 Å². The largest absolute Gasteiger partial charge is 0.399 e. The fraction of sp³-hybridized carbons (Fsp3) is 0.500. The van der Waals surface area contributed by atoms with E-state index in [4.69, 9.17) is 10.8 Å². The fourth-order valence-electron chi connectivity index (χ4n) is 1.44. The Kier molecular flexibility index (Phi) is 5.76. The van der Waals surface area contributed by atoms with E-state index >= 15 is 0 Å². The second-order valence-electron chi connectivity index (χ2n) is 4.05. The van der Waals surface area contributed by atoms with Gasteiger partial charge in [0.2, 0.25) is 0 Å². The number of hydrogen-bond donors (Lipinski definition) is 5. The summed E-state index contributed by atoms with van der Waals surface area (Å²) < 4.78 is 0. The van der Waals surface area contributed by atoms with Crippen molar-refractivity contribution in [2.24, 2.45) is 0 Å². The second kappa shape index (κ2) is 7.11. The molecule has 5 heteroatoms. The van der Waals surface area contributed by atoms with Crippen LogP contribution in [-0.4, -0.2) is 42.1 Å². The van der Waals surface area contributed by atoms with Crippen molar-refractivity contribution in [3.8, 4) is 0 Å². The number of hydrogen-bond acceptors (Lipinski definition) is 5. The van der Waals surface area contributed by atoms with Crippen LogP contribution >= 0.6 is 0 Å². The summed E-state index contributed by atoms with van der Waals surface area (Å²) in [5.41, 5.74) is 7.23. The van der Waals surface area contributed by atoms with Crippen LogP contribution in [0.4, 0.5) is 11.4 Å². The van der Waals surface area contributed by atoms with Gasteiger partial charge in [-0.05, 0) is 31.2 Å². The lowest BCUT2D eigenvalue weighted by molar-refractivity contribution is 0.152. The zero-order chi connectivity index (χ0) is 12.7. The van der Waals surface area contributed by atoms with Gasteiger partial charge in [-0.1, -0.05) is 0 Å². The molecule has 0 spiro atoms. The third-order valence-corrected chi connectivity index (χ3v) is 2.52. The van der Waals surface area contributed by atoms with Gasteiger partial charge in [0.1, 0.15) is 0 Å². The molecule has 0 aliphatic carbocycles. The zero-order valence-corrected chi connectivity index (χ0v) is 10.1. The number of anilines is 2. The summed E-state index contributed by atoms with van der Waals surface area (Å²) in [6.45, 7) is 2.92. The monoisotopic (exact) mass is 239 g/mol. The fourth-order valence-corrected chi connectivity index (χ4v) is 1.44. The van der Waals surface area contributed by atoms with Gasteiger partial charge in [0.25, 0.3) is 0 Å². The third-order valence-electron chi connectivity index (χ3n) is 2.52. The quantitative estimate of drug-likeness (QED) is 0.342. The van der Waals surface area contributed by atoms with Crippen molar-refractivity contribution in [1.29, 1.82) is 0 Å². The SMILES string of the molecule is CC(Nc1ccc(N)cc1)C(O)CNCCO. The van der Waals surface area contributed by atoms with Gasteiger partial charge in [0.05, 0.1) is 18.8 Å². The number of aliphatic hydroxyl groups is 2. The van der Waals surface area contributed by atoms with Crippen LogP contribution in [0.15, 0.2) is 24.3 Å². The van der Waals surface area contributed by atoms with Gasteiger partial charge in [-0.15, -0.1) is 0 Å². The van der Waals surface area contributed by atoms with Crippen molar-refractivity contribution in [2.45, 2.75) is 19.1 Å². The molecule has 5 nitrogen and oxygen atoms in total. The van der Waals surface area contributed by atoms with Gasteiger partial charge in [-0.3, -0.25) is 0 Å². The molecule has 1 rings (SSSR count). The molecule has 2 unspecified atom stereocenters. The van der Waals surface area contributed by atoms with Gasteiger partial charge in [0.15, 0.2) is 0 Å². The van der Waals surface area contributed by atoms with E-state index in [9.17, 15) is 5.11 Å². The maximum absolute atomic E-state index is 9.83. The highest BCUT2D eigenvalue weighted by Crippen LogP contribution is 2.12. The number of nitrogen functional groups attached to an aromatic ring is 1. The maximum Gasteiger partial charge on any atom is 0.0862 e. The molecule has 1 aromatic rings. The van der Waals surface area contributed by atoms with Crippen molar-refractivity contribution in [1.82, 2.24) is 5.32 Å². The van der Waals surface area contributed by atoms with E-state index in [0.29, 0.717) is 18.8 Å². The van der Waals surface area contributed by atoms with Crippen LogP contribution in [-0.2, 0) is 0 Å². The van der Waals surface area contributed by atoms with Gasteiger partial charge in [-0.2, -0.15) is 0 Å². The minimum Gasteiger partial charge on any atom is -0.399 e. The van der Waals surface area contributed by atoms with Crippen molar-refractivity contribution in [2.75, 3.05) is 30.7 Å². The Morgan fingerprint density at radius 1 is 1.29 bits per heavy atom. The Hall–Kier alpha value is -1.30. The smallest absolute Gasteiger partial charge is 0.0862 e. The molecule has 0 aliphatic rings. The van der Waals surface area contributed by atoms with Crippen molar-refractivity contribution >= 4 is 11.4 Å². The van der Waals surface area contributed by atoms with Crippen LogP contribution in [0, 0.1) is 0 Å². The summed E-state index contributed by atoms with van der Waals surface area (Å²) >= 11 is 0. The van der Waals surface area contributed by atoms with Gasteiger partial charge in [-0.25, -0.2) is 0 Å². The summed E-state index contributed by atoms with van der Waals surface area (Å²) in [7, 11) is 0. The molecule has 0 amide bonds. The topological polar surface area (TPSA) is 90.5 Å². The van der Waals surface area contributed by atoms with E-state index in [1.54, 1.807) is 0 Å². The second-order valence-corrected chi connectivity index (χ2v) is 4.05. The molecule has 2 atom stereocenters. The number of rotatable bonds is 7. The summed E-state index contributed by atoms with van der Waals surface area (Å²) in [5, 5.41) is 24.6. The summed E-state index contributed by atoms with van der Waals surface area (Å²) in [4.78, 5) is 0. The van der Waals surface area contributed by atoms with Gasteiger partial charge in [0, 0.05) is 24.5 Å². The Balaban J connectivity index is 2.37. The lowest BCUT2D eigenvalue weighted by Gasteiger charge is -2.21. The average Bonchev–Trinajstić information content (AvgIpc) is 2.32. The lowest BCUT2D eigenvalue weighted by Crippen LogP contribution is -2.39. The maximum atomic E-state index is 9.83. The molecule has 96 valence electrons. The molecule has 17 heavy (non-hydrogen) atoms. The summed E-state index contributed by atoms with van der Waals surface area (Å²) in [5.74, 6) is 0. The van der Waals surface area contributed by atoms with E-state index in [1.807, 2.05) is 31.2 Å². The highest BCUT2D eigenvalue weighted by atomic mass is 16.3. The molecule has 1 aromatic carbocycles. The normalized spacial score (nSPS) is 14.3. The first-order valence-corrected chi connectivity index (χ1v) is 5.75. The molecule has 6 N–H and O–H groups in total. The highest BCUT2D eigenvalue weighted by molar-refractivity contribution is 5.51. The van der Waals surface area contributed by atoms with Crippen LogP contribution in [0.2, 0.25) is 0 Å². The minimum atomic E-state index is -0.515. The first-order valence-electron chi connectivity index (χ1n) is 5.75. The molecule has 0 radical (unpaired) electrons. The molecule has 0 saturated heterocycles. The first-order chi connectivity index (χ1) is 8.13. The zero-order valence-electron chi connectivity index (χ0n) is 10.1. The number of nitrogens with one attached hydrogen (secondary N) is 2. The van der Waals surface area contributed by atoms with Crippen LogP contribution in [0.1, 0.15) is 6.92 Å². The van der Waals surface area contributed by atoms with Crippen molar-refractivity contribution in [3.63, 3.8) is 0 Å². The predicted molar refractivity (Wildman–Crippen MR) is 69.9 cm³/mol. The highest BCUT2D eigenvalue weighted by Gasteiger charge is 2.13. The third kappa shape index (κ3) is 5.04. The summed E-state index contributed by atoms with van der Waals surface area (Å²) in [6, 6.07) is 7.29. The number of benzene rings is 1. The average molecular weight is 239 g/mol. The Bertz CT molecular complexity index is 316. The van der Waals surface area contributed by atoms with Gasteiger partial charge >= 0.3 is 0 Å². The molecule has 0 aromatic heterocycles. The van der Waals surface area contributed by atoms with E-state index in [2.05, 4.69) is 10.6 Å². The number of aliphatic hydroxyl groups excluding tert-OH is 2. The van der Waals surface area contributed by atoms with Crippen LogP contribution in [0.5, 0.6) is 0 Å².